The van der Waals surface area contributed by atoms with Crippen molar-refractivity contribution in [2.45, 2.75) is 6.92 Å². The maximum Gasteiger partial charge on any atom is 0.259 e. The van der Waals surface area contributed by atoms with E-state index in [0.29, 0.717) is 10.6 Å². The lowest BCUT2D eigenvalue weighted by atomic mass is 10.1. The number of pyridine rings is 1. The molecule has 0 fully saturated rings. The highest BCUT2D eigenvalue weighted by molar-refractivity contribution is 6.34. The minimum absolute atomic E-state index is 0.133. The first-order valence-electron chi connectivity index (χ1n) is 5.54. The molecule has 2 aromatic rings. The number of aryl methyl sites for hydroxylation is 1. The molecule has 1 heterocycles. The van der Waals surface area contributed by atoms with Gasteiger partial charge in [0.1, 0.15) is 0 Å². The van der Waals surface area contributed by atoms with Crippen LogP contribution in [0.15, 0.2) is 42.7 Å². The van der Waals surface area contributed by atoms with Crippen molar-refractivity contribution in [3.05, 3.63) is 58.9 Å². The molecule has 0 N–H and O–H groups in total. The zero-order valence-corrected chi connectivity index (χ0v) is 11.0. The van der Waals surface area contributed by atoms with Gasteiger partial charge in [-0.25, -0.2) is 0 Å². The fraction of sp³-hybridized carbons (Fsp3) is 0.143. The third kappa shape index (κ3) is 2.36. The van der Waals surface area contributed by atoms with Crippen LogP contribution >= 0.6 is 11.6 Å². The van der Waals surface area contributed by atoms with Gasteiger partial charge in [0.05, 0.1) is 10.6 Å². The van der Waals surface area contributed by atoms with Crippen LogP contribution in [0.3, 0.4) is 0 Å². The Balaban J connectivity index is 2.38. The maximum atomic E-state index is 12.4. The van der Waals surface area contributed by atoms with Gasteiger partial charge < -0.3 is 4.90 Å². The predicted octanol–water partition coefficient (Wildman–Crippen LogP) is 3.32. The van der Waals surface area contributed by atoms with E-state index in [9.17, 15) is 4.79 Å². The van der Waals surface area contributed by atoms with E-state index in [4.69, 9.17) is 11.6 Å². The van der Waals surface area contributed by atoms with Crippen molar-refractivity contribution in [2.24, 2.45) is 0 Å². The van der Waals surface area contributed by atoms with Gasteiger partial charge in [-0.3, -0.25) is 9.78 Å². The Hall–Kier alpha value is -1.87. The molecule has 1 aromatic heterocycles. The summed E-state index contributed by atoms with van der Waals surface area (Å²) in [6.45, 7) is 1.82. The minimum Gasteiger partial charge on any atom is -0.311 e. The van der Waals surface area contributed by atoms with Gasteiger partial charge in [0, 0.05) is 25.1 Å². The third-order valence-electron chi connectivity index (χ3n) is 2.75. The van der Waals surface area contributed by atoms with Crippen LogP contribution < -0.4 is 4.90 Å². The Kier molecular flexibility index (Phi) is 3.63. The Labute approximate surface area is 111 Å². The molecule has 18 heavy (non-hydrogen) atoms. The van der Waals surface area contributed by atoms with Gasteiger partial charge in [-0.1, -0.05) is 29.8 Å². The molecule has 3 nitrogen and oxygen atoms in total. The normalized spacial score (nSPS) is 10.2. The lowest BCUT2D eigenvalue weighted by Gasteiger charge is -2.18. The van der Waals surface area contributed by atoms with Crippen LogP contribution in [0.25, 0.3) is 0 Å². The fourth-order valence-electron chi connectivity index (χ4n) is 1.74. The summed E-state index contributed by atoms with van der Waals surface area (Å²) < 4.78 is 0. The first-order valence-corrected chi connectivity index (χ1v) is 5.92. The van der Waals surface area contributed by atoms with E-state index in [2.05, 4.69) is 4.98 Å². The quantitative estimate of drug-likeness (QED) is 0.830. The number of hydrogen-bond acceptors (Lipinski definition) is 2. The highest BCUT2D eigenvalue weighted by atomic mass is 35.5. The number of halogens is 1. The van der Waals surface area contributed by atoms with Crippen LogP contribution in [-0.4, -0.2) is 17.9 Å². The van der Waals surface area contributed by atoms with E-state index in [0.717, 1.165) is 11.3 Å². The molecule has 4 heteroatoms. The largest absolute Gasteiger partial charge is 0.311 e. The summed E-state index contributed by atoms with van der Waals surface area (Å²) in [5.74, 6) is -0.133. The second kappa shape index (κ2) is 5.19. The van der Waals surface area contributed by atoms with Gasteiger partial charge in [-0.05, 0) is 24.6 Å². The van der Waals surface area contributed by atoms with Crippen molar-refractivity contribution in [1.29, 1.82) is 0 Å². The monoisotopic (exact) mass is 260 g/mol. The van der Waals surface area contributed by atoms with Crippen LogP contribution in [0.2, 0.25) is 5.02 Å². The Morgan fingerprint density at radius 1 is 1.22 bits per heavy atom. The van der Waals surface area contributed by atoms with E-state index in [1.54, 1.807) is 18.1 Å². The molecule has 1 aromatic carbocycles. The van der Waals surface area contributed by atoms with Gasteiger partial charge in [-0.15, -0.1) is 0 Å². The first-order chi connectivity index (χ1) is 8.61. The molecule has 0 aliphatic rings. The Morgan fingerprint density at radius 3 is 2.50 bits per heavy atom. The molecular weight excluding hydrogens is 248 g/mol. The van der Waals surface area contributed by atoms with Gasteiger partial charge in [0.25, 0.3) is 5.91 Å². The van der Waals surface area contributed by atoms with E-state index < -0.39 is 0 Å². The maximum absolute atomic E-state index is 12.4. The minimum atomic E-state index is -0.133. The summed E-state index contributed by atoms with van der Waals surface area (Å²) in [7, 11) is 1.73. The third-order valence-corrected chi connectivity index (χ3v) is 3.04. The Bertz CT molecular complexity index is 549. The SMILES string of the molecule is Cc1cncc(Cl)c1C(=O)N(C)c1ccccc1. The summed E-state index contributed by atoms with van der Waals surface area (Å²) >= 11 is 6.05. The molecule has 0 saturated heterocycles. The molecule has 2 rings (SSSR count). The molecule has 92 valence electrons. The topological polar surface area (TPSA) is 33.2 Å². The predicted molar refractivity (Wildman–Crippen MR) is 73.2 cm³/mol. The van der Waals surface area contributed by atoms with Gasteiger partial charge >= 0.3 is 0 Å². The summed E-state index contributed by atoms with van der Waals surface area (Å²) in [5.41, 5.74) is 2.10. The molecule has 0 aliphatic heterocycles. The fourth-order valence-corrected chi connectivity index (χ4v) is 2.03. The van der Waals surface area contributed by atoms with E-state index in [1.165, 1.54) is 6.20 Å². The number of rotatable bonds is 2. The molecule has 0 atom stereocenters. The van der Waals surface area contributed by atoms with Crippen molar-refractivity contribution in [2.75, 3.05) is 11.9 Å². The molecule has 0 aliphatic carbocycles. The Morgan fingerprint density at radius 2 is 1.89 bits per heavy atom. The number of aromatic nitrogens is 1. The smallest absolute Gasteiger partial charge is 0.259 e. The average molecular weight is 261 g/mol. The van der Waals surface area contributed by atoms with Crippen molar-refractivity contribution in [1.82, 2.24) is 4.98 Å². The summed E-state index contributed by atoms with van der Waals surface area (Å²) in [6.07, 6.45) is 3.12. The number of carbonyl (C=O) groups excluding carboxylic acids is 1. The summed E-state index contributed by atoms with van der Waals surface area (Å²) in [4.78, 5) is 17.9. The summed E-state index contributed by atoms with van der Waals surface area (Å²) in [5, 5.41) is 0.378. The number of benzene rings is 1. The molecule has 0 radical (unpaired) electrons. The molecule has 0 unspecified atom stereocenters. The van der Waals surface area contributed by atoms with E-state index in [-0.39, 0.29) is 5.91 Å². The van der Waals surface area contributed by atoms with Crippen LogP contribution in [0, 0.1) is 6.92 Å². The second-order valence-electron chi connectivity index (χ2n) is 4.01. The number of carbonyl (C=O) groups is 1. The van der Waals surface area contributed by atoms with Crippen LogP contribution in [0.4, 0.5) is 5.69 Å². The summed E-state index contributed by atoms with van der Waals surface area (Å²) in [6, 6.07) is 9.44. The van der Waals surface area contributed by atoms with E-state index in [1.807, 2.05) is 37.3 Å². The van der Waals surface area contributed by atoms with Crippen LogP contribution in [0.1, 0.15) is 15.9 Å². The van der Waals surface area contributed by atoms with Gasteiger partial charge in [0.2, 0.25) is 0 Å². The van der Waals surface area contributed by atoms with Crippen LogP contribution in [0.5, 0.6) is 0 Å². The molecule has 0 bridgehead atoms. The van der Waals surface area contributed by atoms with Crippen molar-refractivity contribution < 1.29 is 4.79 Å². The van der Waals surface area contributed by atoms with Crippen molar-refractivity contribution in [3.8, 4) is 0 Å². The highest BCUT2D eigenvalue weighted by Crippen LogP contribution is 2.22. The van der Waals surface area contributed by atoms with Gasteiger partial charge in [-0.2, -0.15) is 0 Å². The molecule has 0 saturated carbocycles. The number of nitrogens with zero attached hydrogens (tertiary/aromatic N) is 2. The number of amides is 1. The van der Waals surface area contributed by atoms with Crippen LogP contribution in [-0.2, 0) is 0 Å². The second-order valence-corrected chi connectivity index (χ2v) is 4.42. The molecular formula is C14H13ClN2O. The van der Waals surface area contributed by atoms with Gasteiger partial charge in [0.15, 0.2) is 0 Å². The zero-order chi connectivity index (χ0) is 13.1. The molecule has 0 spiro atoms. The number of hydrogen-bond donors (Lipinski definition) is 0. The van der Waals surface area contributed by atoms with Crippen molar-refractivity contribution >= 4 is 23.2 Å². The average Bonchev–Trinajstić information content (AvgIpc) is 2.38. The number of anilines is 1. The van der Waals surface area contributed by atoms with E-state index >= 15 is 0 Å². The first kappa shape index (κ1) is 12.6. The highest BCUT2D eigenvalue weighted by Gasteiger charge is 2.18. The number of para-hydroxylation sites is 1. The molecule has 1 amide bonds. The lowest BCUT2D eigenvalue weighted by Crippen LogP contribution is -2.27. The lowest BCUT2D eigenvalue weighted by molar-refractivity contribution is 0.0992. The zero-order valence-electron chi connectivity index (χ0n) is 10.2. The standard InChI is InChI=1S/C14H13ClN2O/c1-10-8-16-9-12(15)13(10)14(18)17(2)11-6-4-3-5-7-11/h3-9H,1-2H3. The van der Waals surface area contributed by atoms with Crippen molar-refractivity contribution in [3.63, 3.8) is 0 Å².